The van der Waals surface area contributed by atoms with Crippen LogP contribution in [-0.2, 0) is 0 Å². The summed E-state index contributed by atoms with van der Waals surface area (Å²) in [5, 5.41) is 9.02. The van der Waals surface area contributed by atoms with E-state index in [1.807, 2.05) is 36.4 Å². The van der Waals surface area contributed by atoms with Crippen LogP contribution in [0.25, 0.3) is 11.3 Å². The highest BCUT2D eigenvalue weighted by molar-refractivity contribution is 5.92. The molecule has 5 heteroatoms. The van der Waals surface area contributed by atoms with Crippen molar-refractivity contribution in [1.29, 1.82) is 5.26 Å². The lowest BCUT2D eigenvalue weighted by atomic mass is 9.79. The van der Waals surface area contributed by atoms with E-state index in [0.717, 1.165) is 37.2 Å². The fraction of sp³-hybridized carbons (Fsp3) is 0.400. The van der Waals surface area contributed by atoms with E-state index in [4.69, 9.17) is 11.0 Å². The summed E-state index contributed by atoms with van der Waals surface area (Å²) in [6.45, 7) is 4.53. The van der Waals surface area contributed by atoms with Crippen molar-refractivity contribution < 1.29 is 4.79 Å². The molecule has 2 bridgehead atoms. The molecule has 1 aromatic carbocycles. The Bertz CT molecular complexity index is 836. The van der Waals surface area contributed by atoms with Crippen molar-refractivity contribution in [1.82, 2.24) is 9.47 Å². The maximum absolute atomic E-state index is 12.1. The molecule has 1 amide bonds. The van der Waals surface area contributed by atoms with Crippen LogP contribution >= 0.6 is 0 Å². The zero-order valence-electron chi connectivity index (χ0n) is 14.4. The largest absolute Gasteiger partial charge is 0.364 e. The van der Waals surface area contributed by atoms with Gasteiger partial charge in [0.25, 0.3) is 5.91 Å². The van der Waals surface area contributed by atoms with Crippen LogP contribution in [0.5, 0.6) is 0 Å². The molecular weight excluding hydrogens is 312 g/mol. The van der Waals surface area contributed by atoms with E-state index in [9.17, 15) is 4.79 Å². The minimum absolute atomic E-state index is 0.255. The minimum Gasteiger partial charge on any atom is -0.364 e. The molecule has 2 aromatic rings. The van der Waals surface area contributed by atoms with Crippen molar-refractivity contribution in [2.45, 2.75) is 31.8 Å². The molecule has 4 heterocycles. The van der Waals surface area contributed by atoms with E-state index in [2.05, 4.69) is 22.5 Å². The molecule has 5 rings (SSSR count). The van der Waals surface area contributed by atoms with Gasteiger partial charge in [0.05, 0.1) is 17.7 Å². The zero-order valence-corrected chi connectivity index (χ0v) is 14.4. The van der Waals surface area contributed by atoms with Crippen LogP contribution in [-0.4, -0.2) is 34.5 Å². The highest BCUT2D eigenvalue weighted by Crippen LogP contribution is 2.43. The number of rotatable bonds is 3. The molecule has 0 unspecified atom stereocenters. The van der Waals surface area contributed by atoms with Crippen LogP contribution in [0.1, 0.15) is 41.9 Å². The van der Waals surface area contributed by atoms with Gasteiger partial charge in [0, 0.05) is 11.7 Å². The number of hydrogen-bond acceptors (Lipinski definition) is 3. The number of nitrogens with zero attached hydrogens (tertiary/aromatic N) is 3. The third-order valence-corrected chi connectivity index (χ3v) is 5.91. The molecule has 2 atom stereocenters. The Morgan fingerprint density at radius 3 is 2.40 bits per heavy atom. The summed E-state index contributed by atoms with van der Waals surface area (Å²) in [7, 11) is 0. The van der Waals surface area contributed by atoms with E-state index in [1.165, 1.54) is 0 Å². The van der Waals surface area contributed by atoms with Crippen LogP contribution in [0.2, 0.25) is 0 Å². The molecule has 0 saturated carbocycles. The average Bonchev–Trinajstić information content (AvgIpc) is 3.07. The predicted molar refractivity (Wildman–Crippen MR) is 95.9 cm³/mol. The van der Waals surface area contributed by atoms with Crippen LogP contribution in [0.15, 0.2) is 36.4 Å². The van der Waals surface area contributed by atoms with E-state index in [1.54, 1.807) is 0 Å². The molecule has 0 spiro atoms. The third kappa shape index (κ3) is 2.54. The van der Waals surface area contributed by atoms with Gasteiger partial charge in [-0.25, -0.2) is 0 Å². The first kappa shape index (κ1) is 15.9. The number of carbonyl (C=O) groups excluding carboxylic acids is 1. The van der Waals surface area contributed by atoms with E-state index in [-0.39, 0.29) is 11.9 Å². The maximum atomic E-state index is 12.1. The van der Waals surface area contributed by atoms with E-state index >= 15 is 0 Å². The fourth-order valence-corrected chi connectivity index (χ4v) is 4.63. The highest BCUT2D eigenvalue weighted by atomic mass is 16.1. The topological polar surface area (TPSA) is 75.0 Å². The molecule has 3 aliphatic heterocycles. The Hall–Kier alpha value is -2.58. The van der Waals surface area contributed by atoms with Crippen molar-refractivity contribution in [2.24, 2.45) is 11.7 Å². The Morgan fingerprint density at radius 1 is 1.16 bits per heavy atom. The molecule has 3 saturated heterocycles. The third-order valence-electron chi connectivity index (χ3n) is 5.91. The van der Waals surface area contributed by atoms with E-state index in [0.29, 0.717) is 23.2 Å². The van der Waals surface area contributed by atoms with Gasteiger partial charge in [0.1, 0.15) is 5.69 Å². The number of carbonyl (C=O) groups is 1. The van der Waals surface area contributed by atoms with Crippen molar-refractivity contribution in [3.63, 3.8) is 0 Å². The van der Waals surface area contributed by atoms with Gasteiger partial charge in [-0.15, -0.1) is 0 Å². The molecule has 1 aromatic heterocycles. The van der Waals surface area contributed by atoms with Crippen molar-refractivity contribution in [3.8, 4) is 17.3 Å². The smallest absolute Gasteiger partial charge is 0.265 e. The Balaban J connectivity index is 1.84. The maximum Gasteiger partial charge on any atom is 0.265 e. The van der Waals surface area contributed by atoms with Crippen molar-refractivity contribution in [2.75, 3.05) is 13.1 Å². The van der Waals surface area contributed by atoms with Gasteiger partial charge < -0.3 is 10.3 Å². The monoisotopic (exact) mass is 334 g/mol. The summed E-state index contributed by atoms with van der Waals surface area (Å²) < 4.78 is 2.16. The summed E-state index contributed by atoms with van der Waals surface area (Å²) >= 11 is 0. The van der Waals surface area contributed by atoms with Crippen LogP contribution < -0.4 is 5.73 Å². The highest BCUT2D eigenvalue weighted by Gasteiger charge is 2.42. The Kier molecular flexibility index (Phi) is 3.85. The molecule has 3 aliphatic rings. The number of amides is 1. The molecule has 0 aliphatic carbocycles. The van der Waals surface area contributed by atoms with Gasteiger partial charge in [-0.3, -0.25) is 9.69 Å². The number of fused-ring (bicyclic) bond motifs is 3. The zero-order chi connectivity index (χ0) is 17.6. The second-order valence-corrected chi connectivity index (χ2v) is 7.13. The number of piperidine rings is 3. The number of nitriles is 1. The van der Waals surface area contributed by atoms with Crippen molar-refractivity contribution >= 4 is 5.91 Å². The standard InChI is InChI=1S/C20H22N4O/c1-13-19(16-8-10-23(13)11-9-16)24-17(6-7-18(24)20(22)25)15-4-2-14(12-21)3-5-15/h2-7,13,16,19H,8-11H2,1H3,(H2,22,25)/t13-,19-/m0/s1. The fourth-order valence-electron chi connectivity index (χ4n) is 4.63. The van der Waals surface area contributed by atoms with Gasteiger partial charge in [-0.1, -0.05) is 12.1 Å². The Labute approximate surface area is 147 Å². The molecule has 2 N–H and O–H groups in total. The van der Waals surface area contributed by atoms with Gasteiger partial charge in [-0.2, -0.15) is 5.26 Å². The molecule has 0 radical (unpaired) electrons. The summed E-state index contributed by atoms with van der Waals surface area (Å²) in [5.74, 6) is 0.186. The normalized spacial score (nSPS) is 27.8. The summed E-state index contributed by atoms with van der Waals surface area (Å²) in [5.41, 5.74) is 8.91. The number of primary amides is 1. The molecule has 5 nitrogen and oxygen atoms in total. The number of hydrogen-bond donors (Lipinski definition) is 1. The first-order chi connectivity index (χ1) is 12.1. The van der Waals surface area contributed by atoms with Gasteiger partial charge in [0.2, 0.25) is 0 Å². The predicted octanol–water partition coefficient (Wildman–Crippen LogP) is 2.78. The summed E-state index contributed by atoms with van der Waals surface area (Å²) in [4.78, 5) is 14.6. The van der Waals surface area contributed by atoms with Gasteiger partial charge in [-0.05, 0) is 68.6 Å². The second-order valence-electron chi connectivity index (χ2n) is 7.13. The molecular formula is C20H22N4O. The second kappa shape index (κ2) is 6.05. The first-order valence-corrected chi connectivity index (χ1v) is 8.86. The van der Waals surface area contributed by atoms with Gasteiger partial charge in [0.15, 0.2) is 0 Å². The van der Waals surface area contributed by atoms with Gasteiger partial charge >= 0.3 is 0 Å². The molecule has 128 valence electrons. The lowest BCUT2D eigenvalue weighted by molar-refractivity contribution is 0.00606. The minimum atomic E-state index is -0.386. The first-order valence-electron chi connectivity index (χ1n) is 8.86. The number of benzene rings is 1. The summed E-state index contributed by atoms with van der Waals surface area (Å²) in [6.07, 6.45) is 2.33. The molecule has 3 fully saturated rings. The van der Waals surface area contributed by atoms with Crippen LogP contribution in [0.3, 0.4) is 0 Å². The lowest BCUT2D eigenvalue weighted by Gasteiger charge is -2.51. The lowest BCUT2D eigenvalue weighted by Crippen LogP contribution is -2.54. The Morgan fingerprint density at radius 2 is 1.84 bits per heavy atom. The average molecular weight is 334 g/mol. The van der Waals surface area contributed by atoms with Crippen molar-refractivity contribution in [3.05, 3.63) is 47.7 Å². The SMILES string of the molecule is C[C@H]1[C@H](n2c(C(N)=O)ccc2-c2ccc(C#N)cc2)C2CCN1CC2. The van der Waals surface area contributed by atoms with E-state index < -0.39 is 0 Å². The quantitative estimate of drug-likeness (QED) is 0.938. The van der Waals surface area contributed by atoms with Crippen LogP contribution in [0, 0.1) is 17.2 Å². The number of aromatic nitrogens is 1. The summed E-state index contributed by atoms with van der Waals surface area (Å²) in [6, 6.07) is 14.1. The molecule has 25 heavy (non-hydrogen) atoms. The number of nitrogens with two attached hydrogens (primary N) is 1. The van der Waals surface area contributed by atoms with Crippen LogP contribution in [0.4, 0.5) is 0 Å².